The van der Waals surface area contributed by atoms with Gasteiger partial charge in [-0.3, -0.25) is 0 Å². The zero-order valence-electron chi connectivity index (χ0n) is 13.8. The molecular formula is C20H20O5. The van der Waals surface area contributed by atoms with Gasteiger partial charge in [-0.1, -0.05) is 36.4 Å². The van der Waals surface area contributed by atoms with E-state index in [0.717, 1.165) is 0 Å². The van der Waals surface area contributed by atoms with Gasteiger partial charge in [0.25, 0.3) is 0 Å². The summed E-state index contributed by atoms with van der Waals surface area (Å²) in [7, 11) is 0. The Bertz CT molecular complexity index is 699. The van der Waals surface area contributed by atoms with Crippen molar-refractivity contribution in [3.8, 4) is 0 Å². The Kier molecular flexibility index (Phi) is 5.80. The van der Waals surface area contributed by atoms with Crippen molar-refractivity contribution in [2.45, 2.75) is 25.0 Å². The Hall–Kier alpha value is -2.66. The van der Waals surface area contributed by atoms with Crippen molar-refractivity contribution in [1.82, 2.24) is 0 Å². The second-order valence-corrected chi connectivity index (χ2v) is 5.88. The van der Waals surface area contributed by atoms with Crippen LogP contribution in [0.15, 0.2) is 60.7 Å². The van der Waals surface area contributed by atoms with Crippen molar-refractivity contribution in [1.29, 1.82) is 0 Å². The van der Waals surface area contributed by atoms with Gasteiger partial charge in [0.1, 0.15) is 12.7 Å². The molecule has 2 aromatic carbocycles. The summed E-state index contributed by atoms with van der Waals surface area (Å²) < 4.78 is 16.5. The summed E-state index contributed by atoms with van der Waals surface area (Å²) in [6, 6.07) is 17.7. The van der Waals surface area contributed by atoms with Gasteiger partial charge in [0.05, 0.1) is 23.8 Å². The van der Waals surface area contributed by atoms with Crippen molar-refractivity contribution in [3.05, 3.63) is 71.8 Å². The fourth-order valence-electron chi connectivity index (χ4n) is 2.69. The average Bonchev–Trinajstić information content (AvgIpc) is 2.68. The van der Waals surface area contributed by atoms with Gasteiger partial charge in [-0.15, -0.1) is 0 Å². The van der Waals surface area contributed by atoms with Crippen molar-refractivity contribution in [2.75, 3.05) is 13.2 Å². The molecule has 3 rings (SSSR count). The van der Waals surface area contributed by atoms with E-state index >= 15 is 0 Å². The topological polar surface area (TPSA) is 61.8 Å². The molecule has 1 aliphatic rings. The van der Waals surface area contributed by atoms with Crippen LogP contribution < -0.4 is 0 Å². The number of carbonyl (C=O) groups excluding carboxylic acids is 2. The summed E-state index contributed by atoms with van der Waals surface area (Å²) in [6.07, 6.45) is 0.652. The van der Waals surface area contributed by atoms with E-state index < -0.39 is 0 Å². The Morgan fingerprint density at radius 2 is 1.52 bits per heavy atom. The minimum Gasteiger partial charge on any atom is -0.459 e. The van der Waals surface area contributed by atoms with E-state index in [1.165, 1.54) is 0 Å². The average molecular weight is 340 g/mol. The van der Waals surface area contributed by atoms with Crippen LogP contribution >= 0.6 is 0 Å². The number of ether oxygens (including phenoxy) is 3. The van der Waals surface area contributed by atoms with Gasteiger partial charge in [-0.2, -0.15) is 0 Å². The Morgan fingerprint density at radius 3 is 2.16 bits per heavy atom. The van der Waals surface area contributed by atoms with Gasteiger partial charge in [0.2, 0.25) is 0 Å². The van der Waals surface area contributed by atoms with E-state index in [4.69, 9.17) is 14.2 Å². The molecule has 0 amide bonds. The first-order chi connectivity index (χ1) is 12.2. The molecule has 0 spiro atoms. The highest BCUT2D eigenvalue weighted by molar-refractivity contribution is 5.89. The van der Waals surface area contributed by atoms with E-state index in [1.807, 2.05) is 12.1 Å². The molecule has 5 heteroatoms. The Balaban J connectivity index is 1.48. The monoisotopic (exact) mass is 340 g/mol. The van der Waals surface area contributed by atoms with Crippen LogP contribution in [0.25, 0.3) is 0 Å². The second-order valence-electron chi connectivity index (χ2n) is 5.88. The smallest absolute Gasteiger partial charge is 0.338 e. The number of benzene rings is 2. The third-order valence-electron chi connectivity index (χ3n) is 4.01. The van der Waals surface area contributed by atoms with E-state index in [1.54, 1.807) is 48.5 Å². The standard InChI is InChI=1S/C20H20O5/c21-19(15-7-3-1-4-8-15)24-14-18-13-17(11-12-23-18)25-20(22)16-9-5-2-6-10-16/h1-10,17-18H,11-14H2. The number of hydrogen-bond donors (Lipinski definition) is 0. The molecule has 0 aliphatic carbocycles. The third kappa shape index (κ3) is 4.90. The van der Waals surface area contributed by atoms with E-state index in [2.05, 4.69) is 0 Å². The highest BCUT2D eigenvalue weighted by Crippen LogP contribution is 2.19. The van der Waals surface area contributed by atoms with Gasteiger partial charge in [0.15, 0.2) is 0 Å². The zero-order chi connectivity index (χ0) is 17.5. The molecule has 2 unspecified atom stereocenters. The SMILES string of the molecule is O=C(OCC1CC(OC(=O)c2ccccc2)CCO1)c1ccccc1. The highest BCUT2D eigenvalue weighted by Gasteiger charge is 2.27. The van der Waals surface area contributed by atoms with Gasteiger partial charge < -0.3 is 14.2 Å². The maximum atomic E-state index is 12.1. The lowest BCUT2D eigenvalue weighted by atomic mass is 10.1. The molecule has 1 fully saturated rings. The van der Waals surface area contributed by atoms with Gasteiger partial charge in [0, 0.05) is 12.8 Å². The lowest BCUT2D eigenvalue weighted by molar-refractivity contribution is -0.0759. The molecule has 25 heavy (non-hydrogen) atoms. The van der Waals surface area contributed by atoms with E-state index in [-0.39, 0.29) is 30.8 Å². The number of rotatable bonds is 5. The first-order valence-electron chi connectivity index (χ1n) is 8.32. The normalized spacial score (nSPS) is 19.8. The molecule has 130 valence electrons. The molecule has 1 saturated heterocycles. The van der Waals surface area contributed by atoms with Crippen LogP contribution in [0.1, 0.15) is 33.6 Å². The summed E-state index contributed by atoms with van der Waals surface area (Å²) in [6.45, 7) is 0.618. The largest absolute Gasteiger partial charge is 0.459 e. The predicted octanol–water partition coefficient (Wildman–Crippen LogP) is 3.25. The summed E-state index contributed by atoms with van der Waals surface area (Å²) in [5, 5.41) is 0. The molecule has 1 aliphatic heterocycles. The molecule has 0 saturated carbocycles. The number of hydrogen-bond acceptors (Lipinski definition) is 5. The number of esters is 2. The van der Waals surface area contributed by atoms with Crippen LogP contribution in [0.4, 0.5) is 0 Å². The minimum absolute atomic E-state index is 0.146. The zero-order valence-corrected chi connectivity index (χ0v) is 13.8. The van der Waals surface area contributed by atoms with Crippen LogP contribution in [0.2, 0.25) is 0 Å². The van der Waals surface area contributed by atoms with Gasteiger partial charge >= 0.3 is 11.9 Å². The van der Waals surface area contributed by atoms with Crippen molar-refractivity contribution in [3.63, 3.8) is 0 Å². The van der Waals surface area contributed by atoms with E-state index in [0.29, 0.717) is 30.6 Å². The lowest BCUT2D eigenvalue weighted by Gasteiger charge is -2.29. The fraction of sp³-hybridized carbons (Fsp3) is 0.300. The minimum atomic E-state index is -0.382. The molecule has 0 radical (unpaired) electrons. The van der Waals surface area contributed by atoms with E-state index in [9.17, 15) is 9.59 Å². The third-order valence-corrected chi connectivity index (χ3v) is 4.01. The van der Waals surface area contributed by atoms with Crippen molar-refractivity contribution < 1.29 is 23.8 Å². The first-order valence-corrected chi connectivity index (χ1v) is 8.32. The van der Waals surface area contributed by atoms with Crippen LogP contribution in [0, 0.1) is 0 Å². The quantitative estimate of drug-likeness (QED) is 0.782. The maximum Gasteiger partial charge on any atom is 0.338 e. The molecular weight excluding hydrogens is 320 g/mol. The Labute approximate surface area is 146 Å². The van der Waals surface area contributed by atoms with Crippen LogP contribution in [0.5, 0.6) is 0 Å². The fourth-order valence-corrected chi connectivity index (χ4v) is 2.69. The van der Waals surface area contributed by atoms with Gasteiger partial charge in [-0.25, -0.2) is 9.59 Å². The Morgan fingerprint density at radius 1 is 0.920 bits per heavy atom. The molecule has 2 aromatic rings. The summed E-state index contributed by atoms with van der Waals surface area (Å²) >= 11 is 0. The molecule has 2 atom stereocenters. The molecule has 0 bridgehead atoms. The predicted molar refractivity (Wildman–Crippen MR) is 91.3 cm³/mol. The van der Waals surface area contributed by atoms with Crippen molar-refractivity contribution in [2.24, 2.45) is 0 Å². The summed E-state index contributed by atoms with van der Waals surface area (Å²) in [5.74, 6) is -0.722. The van der Waals surface area contributed by atoms with Gasteiger partial charge in [-0.05, 0) is 24.3 Å². The van der Waals surface area contributed by atoms with Crippen LogP contribution in [0.3, 0.4) is 0 Å². The number of carbonyl (C=O) groups is 2. The molecule has 5 nitrogen and oxygen atoms in total. The molecule has 0 N–H and O–H groups in total. The van der Waals surface area contributed by atoms with Crippen LogP contribution in [-0.4, -0.2) is 37.4 Å². The lowest BCUT2D eigenvalue weighted by Crippen LogP contribution is -2.35. The maximum absolute atomic E-state index is 12.1. The summed E-state index contributed by atoms with van der Waals surface area (Å²) in [4.78, 5) is 24.1. The molecule has 0 aromatic heterocycles. The van der Waals surface area contributed by atoms with Crippen molar-refractivity contribution >= 4 is 11.9 Å². The second kappa shape index (κ2) is 8.44. The van der Waals surface area contributed by atoms with Crippen LogP contribution in [-0.2, 0) is 14.2 Å². The summed E-state index contributed by atoms with van der Waals surface area (Å²) in [5.41, 5.74) is 1.03. The molecule has 1 heterocycles. The highest BCUT2D eigenvalue weighted by atomic mass is 16.6. The first kappa shape index (κ1) is 17.2.